The van der Waals surface area contributed by atoms with Crippen LogP contribution in [0.1, 0.15) is 17.2 Å². The monoisotopic (exact) mass is 396 g/mol. The predicted molar refractivity (Wildman–Crippen MR) is 85.8 cm³/mol. The van der Waals surface area contributed by atoms with E-state index < -0.39 is 5.79 Å². The van der Waals surface area contributed by atoms with E-state index in [4.69, 9.17) is 9.47 Å². The van der Waals surface area contributed by atoms with E-state index in [1.165, 1.54) is 0 Å². The van der Waals surface area contributed by atoms with Gasteiger partial charge in [-0.2, -0.15) is 0 Å². The number of hydrogen-bond acceptors (Lipinski definition) is 2. The first kappa shape index (κ1) is 14.3. The molecule has 0 aliphatic carbocycles. The maximum absolute atomic E-state index is 6.23. The first-order valence-corrected chi connectivity index (χ1v) is 8.34. The maximum Gasteiger partial charge on any atom is 0.205 e. The first-order chi connectivity index (χ1) is 9.73. The average molecular weight is 398 g/mol. The zero-order valence-corrected chi connectivity index (χ0v) is 13.9. The summed E-state index contributed by atoms with van der Waals surface area (Å²) in [5.41, 5.74) is 2.17. The van der Waals surface area contributed by atoms with Gasteiger partial charge in [0.1, 0.15) is 6.10 Å². The molecule has 0 bridgehead atoms. The summed E-state index contributed by atoms with van der Waals surface area (Å²) in [6, 6.07) is 18.2. The summed E-state index contributed by atoms with van der Waals surface area (Å²) < 4.78 is 13.3. The Kier molecular flexibility index (Phi) is 4.26. The fraction of sp³-hybridized carbons (Fsp3) is 0.250. The van der Waals surface area contributed by atoms with Crippen LogP contribution in [-0.4, -0.2) is 11.9 Å². The molecule has 0 amide bonds. The second-order valence-corrected chi connectivity index (χ2v) is 6.20. The van der Waals surface area contributed by atoms with Gasteiger partial charge in [-0.15, -0.1) is 0 Å². The fourth-order valence-electron chi connectivity index (χ4n) is 2.34. The lowest BCUT2D eigenvalue weighted by Crippen LogP contribution is -2.29. The van der Waals surface area contributed by atoms with E-state index in [0.29, 0.717) is 11.9 Å². The van der Waals surface area contributed by atoms with Crippen LogP contribution < -0.4 is 0 Å². The summed E-state index contributed by atoms with van der Waals surface area (Å²) in [6.07, 6.45) is -0.0409. The van der Waals surface area contributed by atoms with Gasteiger partial charge in [-0.25, -0.2) is 0 Å². The Bertz CT molecular complexity index is 571. The molecular weight excluding hydrogens is 384 g/mol. The third kappa shape index (κ3) is 2.70. The molecule has 0 radical (unpaired) electrons. The van der Waals surface area contributed by atoms with E-state index in [1.807, 2.05) is 42.5 Å². The topological polar surface area (TPSA) is 18.5 Å². The van der Waals surface area contributed by atoms with E-state index >= 15 is 0 Å². The molecule has 2 aromatic carbocycles. The highest BCUT2D eigenvalue weighted by Crippen LogP contribution is 2.41. The van der Waals surface area contributed by atoms with Gasteiger partial charge in [-0.05, 0) is 17.7 Å². The Morgan fingerprint density at radius 2 is 1.75 bits per heavy atom. The summed E-state index contributed by atoms with van der Waals surface area (Å²) in [5.74, 6) is -0.695. The Hall–Kier alpha value is -0.680. The molecule has 1 fully saturated rings. The van der Waals surface area contributed by atoms with E-state index in [9.17, 15) is 0 Å². The van der Waals surface area contributed by atoms with Crippen LogP contribution in [0.15, 0.2) is 59.1 Å². The third-order valence-corrected chi connectivity index (χ3v) is 4.70. The average Bonchev–Trinajstić information content (AvgIpc) is 2.95. The third-order valence-electron chi connectivity index (χ3n) is 3.43. The highest BCUT2D eigenvalue weighted by molar-refractivity contribution is 9.10. The molecule has 104 valence electrons. The van der Waals surface area contributed by atoms with Crippen LogP contribution in [0.4, 0.5) is 0 Å². The molecule has 0 saturated carbocycles. The molecule has 1 aliphatic rings. The van der Waals surface area contributed by atoms with E-state index in [-0.39, 0.29) is 6.10 Å². The van der Waals surface area contributed by atoms with Gasteiger partial charge in [0.2, 0.25) is 5.79 Å². The summed E-state index contributed by atoms with van der Waals surface area (Å²) in [4.78, 5) is 0. The normalized spacial score (nSPS) is 25.8. The largest absolute Gasteiger partial charge is 0.342 e. The van der Waals surface area contributed by atoms with Crippen LogP contribution >= 0.6 is 31.9 Å². The van der Waals surface area contributed by atoms with E-state index in [1.54, 1.807) is 0 Å². The van der Waals surface area contributed by atoms with Gasteiger partial charge in [0.25, 0.3) is 0 Å². The summed E-state index contributed by atoms with van der Waals surface area (Å²) in [5, 5.41) is 0.608. The lowest BCUT2D eigenvalue weighted by Gasteiger charge is -2.26. The highest BCUT2D eigenvalue weighted by Gasteiger charge is 2.42. The van der Waals surface area contributed by atoms with Gasteiger partial charge in [0, 0.05) is 10.0 Å². The molecule has 20 heavy (non-hydrogen) atoms. The smallest absolute Gasteiger partial charge is 0.205 e. The van der Waals surface area contributed by atoms with Crippen molar-refractivity contribution in [3.8, 4) is 0 Å². The SMILES string of the molecule is BrC[C@@]1(c2ccccc2)OC[C@@H](c2ccc(Br)cc2)O1. The second-order valence-electron chi connectivity index (χ2n) is 4.72. The van der Waals surface area contributed by atoms with Crippen molar-refractivity contribution in [2.45, 2.75) is 11.9 Å². The number of alkyl halides is 1. The summed E-state index contributed by atoms with van der Waals surface area (Å²) in [7, 11) is 0. The van der Waals surface area contributed by atoms with Crippen LogP contribution in [-0.2, 0) is 15.3 Å². The Labute approximate surface area is 135 Å². The molecule has 2 aromatic rings. The molecule has 0 N–H and O–H groups in total. The lowest BCUT2D eigenvalue weighted by molar-refractivity contribution is -0.157. The van der Waals surface area contributed by atoms with Gasteiger partial charge >= 0.3 is 0 Å². The predicted octanol–water partition coefficient (Wildman–Crippen LogP) is 4.78. The van der Waals surface area contributed by atoms with Crippen LogP contribution in [0.3, 0.4) is 0 Å². The zero-order chi connectivity index (χ0) is 14.0. The van der Waals surface area contributed by atoms with Crippen molar-refractivity contribution >= 4 is 31.9 Å². The van der Waals surface area contributed by atoms with Crippen molar-refractivity contribution in [1.29, 1.82) is 0 Å². The molecule has 2 nitrogen and oxygen atoms in total. The van der Waals surface area contributed by atoms with Crippen molar-refractivity contribution in [2.75, 3.05) is 11.9 Å². The molecule has 1 aliphatic heterocycles. The van der Waals surface area contributed by atoms with E-state index in [2.05, 4.69) is 44.0 Å². The molecule has 1 heterocycles. The van der Waals surface area contributed by atoms with Crippen molar-refractivity contribution < 1.29 is 9.47 Å². The van der Waals surface area contributed by atoms with Crippen LogP contribution in [0.5, 0.6) is 0 Å². The second kappa shape index (κ2) is 5.98. The molecule has 3 rings (SSSR count). The van der Waals surface area contributed by atoms with Gasteiger partial charge in [0.15, 0.2) is 0 Å². The molecule has 0 spiro atoms. The molecular formula is C16H14Br2O2. The molecule has 0 unspecified atom stereocenters. The number of hydrogen-bond donors (Lipinski definition) is 0. The minimum Gasteiger partial charge on any atom is -0.342 e. The lowest BCUT2D eigenvalue weighted by atomic mass is 10.1. The van der Waals surface area contributed by atoms with Gasteiger partial charge in [-0.3, -0.25) is 0 Å². The van der Waals surface area contributed by atoms with Crippen LogP contribution in [0.2, 0.25) is 0 Å². The Morgan fingerprint density at radius 1 is 1.05 bits per heavy atom. The van der Waals surface area contributed by atoms with Gasteiger partial charge in [0.05, 0.1) is 11.9 Å². The van der Waals surface area contributed by atoms with Gasteiger partial charge < -0.3 is 9.47 Å². The Morgan fingerprint density at radius 3 is 2.40 bits per heavy atom. The van der Waals surface area contributed by atoms with Crippen LogP contribution in [0, 0.1) is 0 Å². The number of halogens is 2. The van der Waals surface area contributed by atoms with E-state index in [0.717, 1.165) is 15.6 Å². The number of benzene rings is 2. The molecule has 4 heteroatoms. The molecule has 0 aromatic heterocycles. The number of ether oxygens (including phenoxy) is 2. The summed E-state index contributed by atoms with van der Waals surface area (Å²) >= 11 is 6.97. The first-order valence-electron chi connectivity index (χ1n) is 6.42. The van der Waals surface area contributed by atoms with Crippen molar-refractivity contribution in [1.82, 2.24) is 0 Å². The standard InChI is InChI=1S/C16H14Br2O2/c17-11-16(13-4-2-1-3-5-13)19-10-15(20-16)12-6-8-14(18)9-7-12/h1-9,15H,10-11H2/t15-,16+/m0/s1. The molecule has 2 atom stereocenters. The maximum atomic E-state index is 6.23. The van der Waals surface area contributed by atoms with Crippen molar-refractivity contribution in [3.63, 3.8) is 0 Å². The minimum absolute atomic E-state index is 0.0409. The van der Waals surface area contributed by atoms with Crippen molar-refractivity contribution in [3.05, 3.63) is 70.2 Å². The Balaban J connectivity index is 1.86. The zero-order valence-electron chi connectivity index (χ0n) is 10.8. The fourth-order valence-corrected chi connectivity index (χ4v) is 3.22. The van der Waals surface area contributed by atoms with Crippen molar-refractivity contribution in [2.24, 2.45) is 0 Å². The molecule has 1 saturated heterocycles. The summed E-state index contributed by atoms with van der Waals surface area (Å²) in [6.45, 7) is 0.558. The minimum atomic E-state index is -0.695. The highest BCUT2D eigenvalue weighted by atomic mass is 79.9. The van der Waals surface area contributed by atoms with Crippen LogP contribution in [0.25, 0.3) is 0 Å². The quantitative estimate of drug-likeness (QED) is 0.693. The number of rotatable bonds is 3. The van der Waals surface area contributed by atoms with Gasteiger partial charge in [-0.1, -0.05) is 74.3 Å².